The summed E-state index contributed by atoms with van der Waals surface area (Å²) in [6.45, 7) is 0.482. The molecule has 0 saturated carbocycles. The Morgan fingerprint density at radius 2 is 1.71 bits per heavy atom. The summed E-state index contributed by atoms with van der Waals surface area (Å²) in [6.07, 6.45) is 2.90. The second-order valence-corrected chi connectivity index (χ2v) is 9.73. The van der Waals surface area contributed by atoms with Crippen LogP contribution in [0.1, 0.15) is 23.5 Å². The Balaban J connectivity index is 1.75. The third kappa shape index (κ3) is 4.55. The molecule has 1 atom stereocenters. The molecule has 1 aliphatic heterocycles. The number of allylic oxidation sites excluding steroid dienone is 5. The number of benzene rings is 2. The monoisotopic (exact) mass is 474 g/mol. The van der Waals surface area contributed by atoms with Gasteiger partial charge in [0.1, 0.15) is 5.82 Å². The Morgan fingerprint density at radius 3 is 2.35 bits per heavy atom. The van der Waals surface area contributed by atoms with Gasteiger partial charge < -0.3 is 5.73 Å². The van der Waals surface area contributed by atoms with Gasteiger partial charge in [0.05, 0.1) is 17.2 Å². The van der Waals surface area contributed by atoms with E-state index >= 15 is 0 Å². The summed E-state index contributed by atoms with van der Waals surface area (Å²) in [7, 11) is -3.85. The fraction of sp³-hybridized carbons (Fsp3) is 0.136. The molecule has 0 fully saturated rings. The van der Waals surface area contributed by atoms with Crippen LogP contribution in [0.15, 0.2) is 93.2 Å². The number of rotatable bonds is 4. The molecule has 1 unspecified atom stereocenters. The minimum absolute atomic E-state index is 0.0122. The van der Waals surface area contributed by atoms with Crippen molar-refractivity contribution in [3.05, 3.63) is 104 Å². The standard InChI is InChI=1S/C22H20Cl2N4O2S/c23-16-8-6-15(7-9-16)21-19(14-4-2-1-3-5-14)13-28(27-21)22(25)18-12-17(31(26,29)30)10-11-20(18)24/h1-11,19H,12-13,25H2,(H2,26,29,30). The number of hydrogen-bond donors (Lipinski definition) is 2. The summed E-state index contributed by atoms with van der Waals surface area (Å²) in [4.78, 5) is 0.0514. The van der Waals surface area contributed by atoms with Crippen LogP contribution in [-0.2, 0) is 10.0 Å². The molecule has 1 heterocycles. The Bertz CT molecular complexity index is 1230. The molecule has 0 aromatic heterocycles. The molecule has 160 valence electrons. The van der Waals surface area contributed by atoms with Gasteiger partial charge in [-0.1, -0.05) is 65.7 Å². The quantitative estimate of drug-likeness (QED) is 0.698. The molecule has 31 heavy (non-hydrogen) atoms. The lowest BCUT2D eigenvalue weighted by atomic mass is 9.90. The van der Waals surface area contributed by atoms with Gasteiger partial charge in [-0.15, -0.1) is 0 Å². The Labute approximate surface area is 191 Å². The average molecular weight is 475 g/mol. The van der Waals surface area contributed by atoms with Crippen LogP contribution in [0.5, 0.6) is 0 Å². The summed E-state index contributed by atoms with van der Waals surface area (Å²) < 4.78 is 23.6. The van der Waals surface area contributed by atoms with Crippen molar-refractivity contribution in [3.8, 4) is 0 Å². The second-order valence-electron chi connectivity index (χ2n) is 7.27. The number of halogens is 2. The zero-order valence-electron chi connectivity index (χ0n) is 16.4. The topological polar surface area (TPSA) is 102 Å². The van der Waals surface area contributed by atoms with Gasteiger partial charge in [-0.25, -0.2) is 18.6 Å². The molecule has 2 aliphatic rings. The molecule has 1 aliphatic carbocycles. The van der Waals surface area contributed by atoms with Crippen molar-refractivity contribution >= 4 is 38.9 Å². The van der Waals surface area contributed by atoms with Gasteiger partial charge >= 0.3 is 0 Å². The molecule has 6 nitrogen and oxygen atoms in total. The number of primary sulfonamides is 1. The first-order chi connectivity index (χ1) is 14.7. The van der Waals surface area contributed by atoms with Crippen LogP contribution in [0.25, 0.3) is 0 Å². The minimum Gasteiger partial charge on any atom is -0.384 e. The highest BCUT2D eigenvalue weighted by Crippen LogP contribution is 2.35. The molecule has 2 aromatic rings. The summed E-state index contributed by atoms with van der Waals surface area (Å²) >= 11 is 12.4. The van der Waals surface area contributed by atoms with Crippen LogP contribution in [0.4, 0.5) is 0 Å². The fourth-order valence-corrected chi connectivity index (χ4v) is 4.58. The Hall–Kier alpha value is -2.58. The highest BCUT2D eigenvalue weighted by atomic mass is 35.5. The summed E-state index contributed by atoms with van der Waals surface area (Å²) in [5.74, 6) is 0.251. The lowest BCUT2D eigenvalue weighted by molar-refractivity contribution is 0.381. The van der Waals surface area contributed by atoms with Crippen molar-refractivity contribution in [2.75, 3.05) is 6.54 Å². The van der Waals surface area contributed by atoms with Gasteiger partial charge in [0.25, 0.3) is 0 Å². The van der Waals surface area contributed by atoms with Crippen LogP contribution >= 0.6 is 23.2 Å². The van der Waals surface area contributed by atoms with Crippen LogP contribution in [0.3, 0.4) is 0 Å². The first-order valence-electron chi connectivity index (χ1n) is 9.49. The molecule has 2 aromatic carbocycles. The van der Waals surface area contributed by atoms with Crippen molar-refractivity contribution in [2.24, 2.45) is 16.0 Å². The highest BCUT2D eigenvalue weighted by Gasteiger charge is 2.32. The molecule has 9 heteroatoms. The Kier molecular flexibility index (Phi) is 5.94. The largest absolute Gasteiger partial charge is 0.384 e. The first kappa shape index (κ1) is 21.6. The summed E-state index contributed by atoms with van der Waals surface area (Å²) in [5.41, 5.74) is 9.77. The van der Waals surface area contributed by atoms with Crippen LogP contribution in [0, 0.1) is 0 Å². The van der Waals surface area contributed by atoms with Crippen molar-refractivity contribution in [1.82, 2.24) is 5.01 Å². The third-order valence-electron chi connectivity index (χ3n) is 5.26. The number of hydrazone groups is 1. The van der Waals surface area contributed by atoms with Crippen molar-refractivity contribution in [2.45, 2.75) is 12.3 Å². The van der Waals surface area contributed by atoms with E-state index in [4.69, 9.17) is 39.2 Å². The van der Waals surface area contributed by atoms with Crippen LogP contribution < -0.4 is 10.9 Å². The maximum atomic E-state index is 11.8. The molecule has 0 radical (unpaired) electrons. The highest BCUT2D eigenvalue weighted by molar-refractivity contribution is 7.93. The fourth-order valence-electron chi connectivity index (χ4n) is 3.63. The van der Waals surface area contributed by atoms with E-state index in [-0.39, 0.29) is 17.2 Å². The third-order valence-corrected chi connectivity index (χ3v) is 6.88. The van der Waals surface area contributed by atoms with Gasteiger partial charge in [0.2, 0.25) is 10.0 Å². The molecule has 4 N–H and O–H groups in total. The molecular formula is C22H20Cl2N4O2S. The van der Waals surface area contributed by atoms with Crippen molar-refractivity contribution < 1.29 is 8.42 Å². The lowest BCUT2D eigenvalue weighted by Crippen LogP contribution is -2.26. The minimum atomic E-state index is -3.85. The normalized spacial score (nSPS) is 20.8. The number of nitrogens with zero attached hydrogens (tertiary/aromatic N) is 2. The number of nitrogens with two attached hydrogens (primary N) is 2. The molecular weight excluding hydrogens is 455 g/mol. The van der Waals surface area contributed by atoms with E-state index in [1.165, 1.54) is 12.2 Å². The molecule has 4 rings (SSSR count). The van der Waals surface area contributed by atoms with E-state index in [2.05, 4.69) is 0 Å². The van der Waals surface area contributed by atoms with E-state index in [1.807, 2.05) is 54.6 Å². The smallest absolute Gasteiger partial charge is 0.234 e. The van der Waals surface area contributed by atoms with E-state index in [9.17, 15) is 8.42 Å². The predicted molar refractivity (Wildman–Crippen MR) is 125 cm³/mol. The van der Waals surface area contributed by atoms with E-state index in [0.29, 0.717) is 28.0 Å². The average Bonchev–Trinajstić information content (AvgIpc) is 3.19. The maximum Gasteiger partial charge on any atom is 0.234 e. The van der Waals surface area contributed by atoms with Crippen LogP contribution in [0.2, 0.25) is 5.02 Å². The van der Waals surface area contributed by atoms with E-state index in [1.54, 1.807) is 5.01 Å². The zero-order chi connectivity index (χ0) is 22.2. The molecule has 0 bridgehead atoms. The van der Waals surface area contributed by atoms with Crippen LogP contribution in [-0.4, -0.2) is 25.7 Å². The van der Waals surface area contributed by atoms with Gasteiger partial charge in [-0.3, -0.25) is 0 Å². The van der Waals surface area contributed by atoms with E-state index < -0.39 is 10.0 Å². The van der Waals surface area contributed by atoms with Crippen molar-refractivity contribution in [1.29, 1.82) is 0 Å². The predicted octanol–water partition coefficient (Wildman–Crippen LogP) is 4.01. The number of hydrogen-bond acceptors (Lipinski definition) is 5. The van der Waals surface area contributed by atoms with Gasteiger partial charge in [0.15, 0.2) is 0 Å². The Morgan fingerprint density at radius 1 is 1.03 bits per heavy atom. The summed E-state index contributed by atoms with van der Waals surface area (Å²) in [5, 5.41) is 12.7. The second kappa shape index (κ2) is 8.51. The summed E-state index contributed by atoms with van der Waals surface area (Å²) in [6, 6.07) is 17.5. The molecule has 0 amide bonds. The zero-order valence-corrected chi connectivity index (χ0v) is 18.7. The molecule has 0 spiro atoms. The first-order valence-corrected chi connectivity index (χ1v) is 11.8. The van der Waals surface area contributed by atoms with Crippen molar-refractivity contribution in [3.63, 3.8) is 0 Å². The molecule has 0 saturated heterocycles. The SMILES string of the molecule is NC(=C1CC(S(N)(=O)=O)=CC=C1Cl)N1CC(c2ccccc2)C(c2ccc(Cl)cc2)=N1. The lowest BCUT2D eigenvalue weighted by Gasteiger charge is -2.22. The maximum absolute atomic E-state index is 11.8. The van der Waals surface area contributed by atoms with Gasteiger partial charge in [0, 0.05) is 28.0 Å². The van der Waals surface area contributed by atoms with Gasteiger partial charge in [-0.05, 0) is 35.4 Å². The van der Waals surface area contributed by atoms with Gasteiger partial charge in [-0.2, -0.15) is 5.10 Å². The number of sulfonamides is 1. The van der Waals surface area contributed by atoms with E-state index in [0.717, 1.165) is 16.8 Å².